The first-order valence-corrected chi connectivity index (χ1v) is 5.99. The average molecular weight is 228 g/mol. The van der Waals surface area contributed by atoms with Crippen molar-refractivity contribution in [2.24, 2.45) is 5.92 Å². The predicted octanol–water partition coefficient (Wildman–Crippen LogP) is 2.06. The van der Waals surface area contributed by atoms with Crippen molar-refractivity contribution in [3.05, 3.63) is 0 Å². The number of hydrogen-bond donors (Lipinski definition) is 0. The van der Waals surface area contributed by atoms with Crippen LogP contribution in [0.1, 0.15) is 46.0 Å². The van der Waals surface area contributed by atoms with Gasteiger partial charge in [0.1, 0.15) is 6.10 Å². The first-order chi connectivity index (χ1) is 7.63. The van der Waals surface area contributed by atoms with Gasteiger partial charge >= 0.3 is 11.9 Å². The van der Waals surface area contributed by atoms with Crippen LogP contribution in [0.25, 0.3) is 0 Å². The van der Waals surface area contributed by atoms with E-state index in [1.807, 2.05) is 6.92 Å². The second-order valence-corrected chi connectivity index (χ2v) is 4.31. The SMILES string of the molecule is CCC(C)C(=O)OCC(=O)OC1CCCC1. The molecule has 4 nitrogen and oxygen atoms in total. The summed E-state index contributed by atoms with van der Waals surface area (Å²) < 4.78 is 10.0. The van der Waals surface area contributed by atoms with E-state index >= 15 is 0 Å². The zero-order valence-corrected chi connectivity index (χ0v) is 10.0. The van der Waals surface area contributed by atoms with E-state index < -0.39 is 5.97 Å². The zero-order chi connectivity index (χ0) is 12.0. The summed E-state index contributed by atoms with van der Waals surface area (Å²) in [6.45, 7) is 3.44. The number of carbonyl (C=O) groups is 2. The van der Waals surface area contributed by atoms with Gasteiger partial charge in [0.15, 0.2) is 6.61 Å². The Bertz CT molecular complexity index is 243. The smallest absolute Gasteiger partial charge is 0.344 e. The minimum absolute atomic E-state index is 0.0369. The van der Waals surface area contributed by atoms with Crippen LogP contribution in [-0.2, 0) is 19.1 Å². The molecule has 1 saturated carbocycles. The minimum atomic E-state index is -0.427. The van der Waals surface area contributed by atoms with Crippen LogP contribution in [0.3, 0.4) is 0 Å². The van der Waals surface area contributed by atoms with E-state index in [9.17, 15) is 9.59 Å². The number of ether oxygens (including phenoxy) is 2. The Labute approximate surface area is 96.3 Å². The van der Waals surface area contributed by atoms with Gasteiger partial charge in [-0.3, -0.25) is 4.79 Å². The van der Waals surface area contributed by atoms with Gasteiger partial charge in [-0.05, 0) is 32.1 Å². The topological polar surface area (TPSA) is 52.6 Å². The molecule has 0 bridgehead atoms. The van der Waals surface area contributed by atoms with Crippen LogP contribution in [0.15, 0.2) is 0 Å². The van der Waals surface area contributed by atoms with Crippen LogP contribution in [0, 0.1) is 5.92 Å². The van der Waals surface area contributed by atoms with Gasteiger partial charge in [0.2, 0.25) is 0 Å². The van der Waals surface area contributed by atoms with Gasteiger partial charge in [0.25, 0.3) is 0 Å². The van der Waals surface area contributed by atoms with Crippen molar-refractivity contribution >= 4 is 11.9 Å². The highest BCUT2D eigenvalue weighted by Crippen LogP contribution is 2.20. The fourth-order valence-corrected chi connectivity index (χ4v) is 1.67. The van der Waals surface area contributed by atoms with Gasteiger partial charge < -0.3 is 9.47 Å². The van der Waals surface area contributed by atoms with Crippen LogP contribution in [0.4, 0.5) is 0 Å². The van der Waals surface area contributed by atoms with E-state index in [2.05, 4.69) is 0 Å². The van der Waals surface area contributed by atoms with Crippen LogP contribution in [0.2, 0.25) is 0 Å². The van der Waals surface area contributed by atoms with Crippen LogP contribution in [0.5, 0.6) is 0 Å². The lowest BCUT2D eigenvalue weighted by molar-refractivity contribution is -0.164. The molecule has 0 radical (unpaired) electrons. The Hall–Kier alpha value is -1.06. The Morgan fingerprint density at radius 3 is 2.50 bits per heavy atom. The number of hydrogen-bond acceptors (Lipinski definition) is 4. The fourth-order valence-electron chi connectivity index (χ4n) is 1.67. The molecule has 1 atom stereocenters. The molecule has 0 spiro atoms. The van der Waals surface area contributed by atoms with E-state index in [1.54, 1.807) is 6.92 Å². The van der Waals surface area contributed by atoms with Crippen LogP contribution < -0.4 is 0 Å². The molecule has 0 aromatic rings. The third-order valence-corrected chi connectivity index (χ3v) is 2.95. The lowest BCUT2D eigenvalue weighted by Gasteiger charge is -2.12. The molecule has 0 aliphatic heterocycles. The lowest BCUT2D eigenvalue weighted by Crippen LogP contribution is -2.23. The maximum atomic E-state index is 11.3. The lowest BCUT2D eigenvalue weighted by atomic mass is 10.1. The Morgan fingerprint density at radius 2 is 1.94 bits per heavy atom. The molecular formula is C12H20O4. The van der Waals surface area contributed by atoms with Crippen molar-refractivity contribution < 1.29 is 19.1 Å². The van der Waals surface area contributed by atoms with Crippen molar-refractivity contribution in [2.75, 3.05) is 6.61 Å². The van der Waals surface area contributed by atoms with Crippen molar-refractivity contribution in [2.45, 2.75) is 52.1 Å². The van der Waals surface area contributed by atoms with Crippen molar-refractivity contribution in [3.63, 3.8) is 0 Å². The Kier molecular flexibility index (Phi) is 5.29. The van der Waals surface area contributed by atoms with Crippen LogP contribution >= 0.6 is 0 Å². The third kappa shape index (κ3) is 4.21. The molecule has 16 heavy (non-hydrogen) atoms. The average Bonchev–Trinajstić information content (AvgIpc) is 2.77. The number of carbonyl (C=O) groups excluding carboxylic acids is 2. The molecule has 0 aromatic heterocycles. The largest absolute Gasteiger partial charge is 0.460 e. The summed E-state index contributed by atoms with van der Waals surface area (Å²) >= 11 is 0. The number of rotatable bonds is 5. The normalized spacial score (nSPS) is 18.1. The maximum Gasteiger partial charge on any atom is 0.344 e. The van der Waals surface area contributed by atoms with Gasteiger partial charge in [-0.25, -0.2) is 4.79 Å². The molecule has 0 saturated heterocycles. The van der Waals surface area contributed by atoms with Gasteiger partial charge in [0.05, 0.1) is 5.92 Å². The minimum Gasteiger partial charge on any atom is -0.460 e. The summed E-state index contributed by atoms with van der Waals surface area (Å²) in [6.07, 6.45) is 4.86. The molecular weight excluding hydrogens is 208 g/mol. The monoisotopic (exact) mass is 228 g/mol. The second kappa shape index (κ2) is 6.51. The summed E-state index contributed by atoms with van der Waals surface area (Å²) in [7, 11) is 0. The number of esters is 2. The molecule has 0 N–H and O–H groups in total. The van der Waals surface area contributed by atoms with E-state index in [0.29, 0.717) is 0 Å². The van der Waals surface area contributed by atoms with E-state index in [4.69, 9.17) is 9.47 Å². The quantitative estimate of drug-likeness (QED) is 0.676. The third-order valence-electron chi connectivity index (χ3n) is 2.95. The van der Waals surface area contributed by atoms with Gasteiger partial charge in [-0.1, -0.05) is 13.8 Å². The Morgan fingerprint density at radius 1 is 1.31 bits per heavy atom. The van der Waals surface area contributed by atoms with Gasteiger partial charge in [0, 0.05) is 0 Å². The summed E-state index contributed by atoms with van der Waals surface area (Å²) in [6, 6.07) is 0. The molecule has 0 heterocycles. The molecule has 1 aliphatic rings. The summed E-state index contributed by atoms with van der Waals surface area (Å²) in [5.74, 6) is -0.909. The highest BCUT2D eigenvalue weighted by molar-refractivity contribution is 5.77. The zero-order valence-electron chi connectivity index (χ0n) is 10.0. The van der Waals surface area contributed by atoms with Gasteiger partial charge in [-0.2, -0.15) is 0 Å². The molecule has 1 fully saturated rings. The van der Waals surface area contributed by atoms with Crippen molar-refractivity contribution in [1.82, 2.24) is 0 Å². The van der Waals surface area contributed by atoms with E-state index in [1.165, 1.54) is 0 Å². The molecule has 0 aromatic carbocycles. The summed E-state index contributed by atoms with van der Waals surface area (Å²) in [5.41, 5.74) is 0. The molecule has 1 unspecified atom stereocenters. The molecule has 1 aliphatic carbocycles. The van der Waals surface area contributed by atoms with E-state index in [-0.39, 0.29) is 24.6 Å². The second-order valence-electron chi connectivity index (χ2n) is 4.31. The van der Waals surface area contributed by atoms with Gasteiger partial charge in [-0.15, -0.1) is 0 Å². The first kappa shape index (κ1) is 13.0. The predicted molar refractivity (Wildman–Crippen MR) is 58.8 cm³/mol. The standard InChI is InChI=1S/C12H20O4/c1-3-9(2)12(14)15-8-11(13)16-10-6-4-5-7-10/h9-10H,3-8H2,1-2H3. The van der Waals surface area contributed by atoms with Crippen molar-refractivity contribution in [3.8, 4) is 0 Å². The fraction of sp³-hybridized carbons (Fsp3) is 0.833. The molecule has 1 rings (SSSR count). The highest BCUT2D eigenvalue weighted by atomic mass is 16.6. The van der Waals surface area contributed by atoms with Crippen molar-refractivity contribution in [1.29, 1.82) is 0 Å². The Balaban J connectivity index is 2.16. The van der Waals surface area contributed by atoms with Crippen LogP contribution in [-0.4, -0.2) is 24.6 Å². The molecule has 4 heteroatoms. The summed E-state index contributed by atoms with van der Waals surface area (Å²) in [4.78, 5) is 22.6. The van der Waals surface area contributed by atoms with E-state index in [0.717, 1.165) is 32.1 Å². The highest BCUT2D eigenvalue weighted by Gasteiger charge is 2.20. The maximum absolute atomic E-state index is 11.3. The first-order valence-electron chi connectivity index (χ1n) is 5.99. The molecule has 92 valence electrons. The summed E-state index contributed by atoms with van der Waals surface area (Å²) in [5, 5.41) is 0. The molecule has 0 amide bonds.